The fourth-order valence-corrected chi connectivity index (χ4v) is 3.20. The lowest BCUT2D eigenvalue weighted by Gasteiger charge is -2.27. The second-order valence-electron chi connectivity index (χ2n) is 5.92. The first-order valence-corrected chi connectivity index (χ1v) is 7.59. The Bertz CT molecular complexity index is 708. The van der Waals surface area contributed by atoms with Gasteiger partial charge >= 0.3 is 0 Å². The standard InChI is InChI=1S/C19H17N3/c20-13-19(14-21,10-4-7-15-5-2-1-3-6-15)16-11-17-8-9-18(12-16)22-17/h1-3,5-6,11,17-18,22H,8-10,12H2. The molecule has 1 N–H and O–H groups in total. The van der Waals surface area contributed by atoms with Crippen molar-refractivity contribution in [2.24, 2.45) is 5.41 Å². The molecule has 0 aromatic heterocycles. The molecular formula is C19H17N3. The van der Waals surface area contributed by atoms with Gasteiger partial charge in [0, 0.05) is 24.1 Å². The Morgan fingerprint density at radius 2 is 1.91 bits per heavy atom. The highest BCUT2D eigenvalue weighted by molar-refractivity contribution is 5.41. The minimum absolute atomic E-state index is 0.264. The molecule has 3 rings (SSSR count). The summed E-state index contributed by atoms with van der Waals surface area (Å²) in [6, 6.07) is 14.8. The predicted octanol–water partition coefficient (Wildman–Crippen LogP) is 2.91. The number of fused-ring (bicyclic) bond motifs is 2. The normalized spacial score (nSPS) is 22.7. The van der Waals surface area contributed by atoms with Gasteiger partial charge in [0.05, 0.1) is 12.1 Å². The summed E-state index contributed by atoms with van der Waals surface area (Å²) < 4.78 is 0. The van der Waals surface area contributed by atoms with Crippen LogP contribution in [0, 0.1) is 39.9 Å². The summed E-state index contributed by atoms with van der Waals surface area (Å²) in [7, 11) is 0. The Morgan fingerprint density at radius 3 is 2.59 bits per heavy atom. The highest BCUT2D eigenvalue weighted by atomic mass is 15.0. The molecule has 108 valence electrons. The van der Waals surface area contributed by atoms with Crippen LogP contribution >= 0.6 is 0 Å². The van der Waals surface area contributed by atoms with Crippen LogP contribution in [0.3, 0.4) is 0 Å². The molecule has 2 aliphatic heterocycles. The lowest BCUT2D eigenvalue weighted by molar-refractivity contribution is 0.489. The van der Waals surface area contributed by atoms with Crippen molar-refractivity contribution in [1.29, 1.82) is 10.5 Å². The number of hydrogen-bond acceptors (Lipinski definition) is 3. The minimum atomic E-state index is -1.11. The SMILES string of the molecule is N#CC(C#N)(CC#Cc1ccccc1)C1=CC2CCC(C1)N2. The van der Waals surface area contributed by atoms with Gasteiger partial charge in [-0.3, -0.25) is 0 Å². The van der Waals surface area contributed by atoms with Crippen molar-refractivity contribution < 1.29 is 0 Å². The van der Waals surface area contributed by atoms with E-state index in [4.69, 9.17) is 0 Å². The van der Waals surface area contributed by atoms with Gasteiger partial charge in [0.2, 0.25) is 0 Å². The van der Waals surface area contributed by atoms with Gasteiger partial charge in [0.25, 0.3) is 0 Å². The smallest absolute Gasteiger partial charge is 0.175 e. The van der Waals surface area contributed by atoms with Crippen LogP contribution in [0.1, 0.15) is 31.2 Å². The van der Waals surface area contributed by atoms with Gasteiger partial charge < -0.3 is 5.32 Å². The zero-order chi connectivity index (χ0) is 15.4. The molecule has 2 bridgehead atoms. The second kappa shape index (κ2) is 6.07. The summed E-state index contributed by atoms with van der Waals surface area (Å²) in [4.78, 5) is 0. The Hall–Kier alpha value is -2.54. The fraction of sp³-hybridized carbons (Fsp3) is 0.368. The predicted molar refractivity (Wildman–Crippen MR) is 84.2 cm³/mol. The van der Waals surface area contributed by atoms with Crippen molar-refractivity contribution in [3.63, 3.8) is 0 Å². The van der Waals surface area contributed by atoms with Crippen molar-refractivity contribution in [2.45, 2.75) is 37.8 Å². The maximum absolute atomic E-state index is 9.62. The van der Waals surface area contributed by atoms with Gasteiger partial charge in [-0.05, 0) is 37.0 Å². The number of nitrogens with zero attached hydrogens (tertiary/aromatic N) is 2. The van der Waals surface area contributed by atoms with E-state index in [0.29, 0.717) is 12.1 Å². The van der Waals surface area contributed by atoms with Crippen LogP contribution in [0.25, 0.3) is 0 Å². The summed E-state index contributed by atoms with van der Waals surface area (Å²) in [6.45, 7) is 0. The van der Waals surface area contributed by atoms with E-state index in [2.05, 4.69) is 35.4 Å². The van der Waals surface area contributed by atoms with Crippen molar-refractivity contribution >= 4 is 0 Å². The van der Waals surface area contributed by atoms with Crippen LogP contribution in [0.15, 0.2) is 42.0 Å². The van der Waals surface area contributed by atoms with Gasteiger partial charge in [-0.15, -0.1) is 0 Å². The molecule has 2 atom stereocenters. The first-order valence-electron chi connectivity index (χ1n) is 7.59. The Balaban J connectivity index is 1.83. The van der Waals surface area contributed by atoms with Gasteiger partial charge in [0.15, 0.2) is 5.41 Å². The van der Waals surface area contributed by atoms with Gasteiger partial charge in [-0.1, -0.05) is 36.1 Å². The summed E-state index contributed by atoms with van der Waals surface area (Å²) >= 11 is 0. The molecule has 0 radical (unpaired) electrons. The molecule has 2 aliphatic rings. The quantitative estimate of drug-likeness (QED) is 0.672. The first-order chi connectivity index (χ1) is 10.8. The lowest BCUT2D eigenvalue weighted by atomic mass is 9.76. The van der Waals surface area contributed by atoms with E-state index in [1.807, 2.05) is 30.3 Å². The third-order valence-corrected chi connectivity index (χ3v) is 4.43. The Kier molecular flexibility index (Phi) is 3.97. The maximum Gasteiger partial charge on any atom is 0.175 e. The van der Waals surface area contributed by atoms with Crippen molar-refractivity contribution in [3.8, 4) is 24.0 Å². The van der Waals surface area contributed by atoms with Gasteiger partial charge in [-0.2, -0.15) is 10.5 Å². The zero-order valence-corrected chi connectivity index (χ0v) is 12.3. The molecule has 0 amide bonds. The molecule has 3 heteroatoms. The molecule has 0 saturated carbocycles. The summed E-state index contributed by atoms with van der Waals surface area (Å²) in [5.41, 5.74) is 0.753. The van der Waals surface area contributed by atoms with Gasteiger partial charge in [-0.25, -0.2) is 0 Å². The number of benzene rings is 1. The molecule has 0 spiro atoms. The molecule has 1 saturated heterocycles. The molecule has 22 heavy (non-hydrogen) atoms. The van der Waals surface area contributed by atoms with Crippen LogP contribution in [-0.2, 0) is 0 Å². The number of nitrogens with one attached hydrogen (secondary N) is 1. The van der Waals surface area contributed by atoms with E-state index in [1.165, 1.54) is 0 Å². The topological polar surface area (TPSA) is 59.6 Å². The van der Waals surface area contributed by atoms with Crippen LogP contribution in [0.4, 0.5) is 0 Å². The third-order valence-electron chi connectivity index (χ3n) is 4.43. The number of nitriles is 2. The number of rotatable bonds is 2. The van der Waals surface area contributed by atoms with Crippen molar-refractivity contribution in [3.05, 3.63) is 47.5 Å². The first kappa shape index (κ1) is 14.4. The van der Waals surface area contributed by atoms with Crippen molar-refractivity contribution in [1.82, 2.24) is 5.32 Å². The molecule has 3 nitrogen and oxygen atoms in total. The van der Waals surface area contributed by atoms with E-state index in [0.717, 1.165) is 30.4 Å². The summed E-state index contributed by atoms with van der Waals surface area (Å²) in [5, 5.41) is 22.7. The van der Waals surface area contributed by atoms with E-state index in [-0.39, 0.29) is 6.42 Å². The number of hydrogen-bond donors (Lipinski definition) is 1. The average Bonchev–Trinajstić information content (AvgIpc) is 2.91. The third kappa shape index (κ3) is 2.75. The lowest BCUT2D eigenvalue weighted by Crippen LogP contribution is -2.36. The molecule has 1 aromatic carbocycles. The van der Waals surface area contributed by atoms with E-state index >= 15 is 0 Å². The molecule has 2 unspecified atom stereocenters. The molecule has 2 heterocycles. The minimum Gasteiger partial charge on any atom is -0.307 e. The zero-order valence-electron chi connectivity index (χ0n) is 12.3. The van der Waals surface area contributed by atoms with E-state index < -0.39 is 5.41 Å². The summed E-state index contributed by atoms with van der Waals surface area (Å²) in [6.07, 6.45) is 5.34. The molecule has 0 aliphatic carbocycles. The van der Waals surface area contributed by atoms with Crippen LogP contribution < -0.4 is 5.32 Å². The summed E-state index contributed by atoms with van der Waals surface area (Å²) in [5.74, 6) is 6.09. The highest BCUT2D eigenvalue weighted by Crippen LogP contribution is 2.38. The molecular weight excluding hydrogens is 270 g/mol. The van der Waals surface area contributed by atoms with Gasteiger partial charge in [0.1, 0.15) is 0 Å². The van der Waals surface area contributed by atoms with Crippen molar-refractivity contribution in [2.75, 3.05) is 0 Å². The van der Waals surface area contributed by atoms with E-state index in [1.54, 1.807) is 0 Å². The van der Waals surface area contributed by atoms with E-state index in [9.17, 15) is 10.5 Å². The van der Waals surface area contributed by atoms with Crippen LogP contribution in [0.2, 0.25) is 0 Å². The highest BCUT2D eigenvalue weighted by Gasteiger charge is 2.40. The average molecular weight is 287 g/mol. The molecule has 1 aromatic rings. The Labute approximate surface area is 131 Å². The van der Waals surface area contributed by atoms with Crippen LogP contribution in [0.5, 0.6) is 0 Å². The maximum atomic E-state index is 9.62. The fourth-order valence-electron chi connectivity index (χ4n) is 3.20. The van der Waals surface area contributed by atoms with Crippen LogP contribution in [-0.4, -0.2) is 12.1 Å². The monoisotopic (exact) mass is 287 g/mol. The Morgan fingerprint density at radius 1 is 1.14 bits per heavy atom. The molecule has 1 fully saturated rings. The largest absolute Gasteiger partial charge is 0.307 e. The second-order valence-corrected chi connectivity index (χ2v) is 5.92.